The molecule has 0 N–H and O–H groups in total. The van der Waals surface area contributed by atoms with Crippen molar-refractivity contribution in [2.75, 3.05) is 5.75 Å². The molecule has 0 aromatic rings. The molecule has 0 fully saturated rings. The van der Waals surface area contributed by atoms with Crippen molar-refractivity contribution in [2.45, 2.75) is 31.4 Å². The van der Waals surface area contributed by atoms with E-state index >= 15 is 0 Å². The van der Waals surface area contributed by atoms with Crippen LogP contribution in [0.25, 0.3) is 0 Å². The summed E-state index contributed by atoms with van der Waals surface area (Å²) in [6, 6.07) is 0. The molecule has 62 valence electrons. The molecule has 0 saturated heterocycles. The lowest BCUT2D eigenvalue weighted by molar-refractivity contribution is 0.719. The van der Waals surface area contributed by atoms with Gasteiger partial charge in [-0.25, -0.2) is 0 Å². The van der Waals surface area contributed by atoms with Crippen LogP contribution < -0.4 is 0 Å². The first-order valence-corrected chi connectivity index (χ1v) is 6.87. The molecule has 0 bridgehead atoms. The maximum absolute atomic E-state index is 5.63. The summed E-state index contributed by atoms with van der Waals surface area (Å²) in [5, 5.41) is 0.532. The van der Waals surface area contributed by atoms with Gasteiger partial charge in [0.1, 0.15) is 0 Å². The van der Waals surface area contributed by atoms with Crippen molar-refractivity contribution in [3.63, 3.8) is 0 Å². The third-order valence-electron chi connectivity index (χ3n) is 1.25. The van der Waals surface area contributed by atoms with E-state index in [1.807, 2.05) is 0 Å². The molecule has 0 spiro atoms. The Balaban J connectivity index is 3.21. The molecule has 10 heavy (non-hydrogen) atoms. The zero-order valence-corrected chi connectivity index (χ0v) is 9.12. The Morgan fingerprint density at radius 3 is 2.50 bits per heavy atom. The molecule has 0 aromatic carbocycles. The minimum absolute atomic E-state index is 0.532. The molecule has 1 atom stereocenters. The molecule has 0 aromatic heterocycles. The lowest BCUT2D eigenvalue weighted by atomic mass is 10.2. The number of unbranched alkanes of at least 4 members (excludes halogenated alkanes) is 1. The number of halogens is 2. The topological polar surface area (TPSA) is 0 Å². The number of hydrogen-bond acceptors (Lipinski definition) is 2. The van der Waals surface area contributed by atoms with Crippen LogP contribution in [0.3, 0.4) is 0 Å². The van der Waals surface area contributed by atoms with Gasteiger partial charge in [0.25, 0.3) is 0 Å². The van der Waals surface area contributed by atoms with Crippen molar-refractivity contribution in [1.82, 2.24) is 0 Å². The average molecular weight is 219 g/mol. The fourth-order valence-corrected chi connectivity index (χ4v) is 3.04. The summed E-state index contributed by atoms with van der Waals surface area (Å²) in [7, 11) is 13.9. The molecule has 1 unspecified atom stereocenters. The fraction of sp³-hybridized carbons (Fsp3) is 1.00. The molecule has 0 saturated carbocycles. The van der Waals surface area contributed by atoms with Crippen molar-refractivity contribution < 1.29 is 0 Å². The molecule has 0 aliphatic rings. The van der Waals surface area contributed by atoms with Gasteiger partial charge < -0.3 is 0 Å². The molecule has 0 aliphatic heterocycles. The Labute approximate surface area is 80.4 Å². The Bertz CT molecular complexity index is 70.8. The first kappa shape index (κ1) is 11.3. The second-order valence-corrected chi connectivity index (χ2v) is 4.71. The van der Waals surface area contributed by atoms with Crippen molar-refractivity contribution in [1.29, 1.82) is 0 Å². The summed E-state index contributed by atoms with van der Waals surface area (Å²) in [4.78, 5) is 0. The van der Waals surface area contributed by atoms with Gasteiger partial charge in [-0.1, -0.05) is 41.7 Å². The predicted molar refractivity (Wildman–Crippen MR) is 55.1 cm³/mol. The highest BCUT2D eigenvalue weighted by atomic mass is 35.7. The SMILES string of the molecule is CCCCC(CSCl)SCl. The summed E-state index contributed by atoms with van der Waals surface area (Å²) in [6.07, 6.45) is 3.67. The lowest BCUT2D eigenvalue weighted by Gasteiger charge is -2.08. The van der Waals surface area contributed by atoms with Crippen LogP contribution in [0.4, 0.5) is 0 Å². The van der Waals surface area contributed by atoms with Crippen LogP contribution in [-0.2, 0) is 0 Å². The van der Waals surface area contributed by atoms with Gasteiger partial charge in [-0.05, 0) is 27.8 Å². The number of hydrogen-bond donors (Lipinski definition) is 0. The summed E-state index contributed by atoms with van der Waals surface area (Å²) in [6.45, 7) is 2.18. The van der Waals surface area contributed by atoms with Crippen LogP contribution in [0, 0.1) is 0 Å². The molecule has 0 aliphatic carbocycles. The third kappa shape index (κ3) is 6.02. The second-order valence-electron chi connectivity index (χ2n) is 2.13. The zero-order valence-electron chi connectivity index (χ0n) is 5.98. The Morgan fingerprint density at radius 2 is 2.10 bits per heavy atom. The quantitative estimate of drug-likeness (QED) is 0.652. The lowest BCUT2D eigenvalue weighted by Crippen LogP contribution is -2.02. The summed E-state index contributed by atoms with van der Waals surface area (Å²) in [5.74, 6) is 0.954. The van der Waals surface area contributed by atoms with Crippen LogP contribution in [0.15, 0.2) is 0 Å². The van der Waals surface area contributed by atoms with E-state index in [4.69, 9.17) is 21.4 Å². The van der Waals surface area contributed by atoms with E-state index in [1.165, 1.54) is 41.2 Å². The number of rotatable bonds is 6. The van der Waals surface area contributed by atoms with Crippen molar-refractivity contribution >= 4 is 43.3 Å². The van der Waals surface area contributed by atoms with Gasteiger partial charge in [0, 0.05) is 11.0 Å². The highest BCUT2D eigenvalue weighted by molar-refractivity contribution is 8.24. The minimum atomic E-state index is 0.532. The molecule has 4 heteroatoms. The Morgan fingerprint density at radius 1 is 1.40 bits per heavy atom. The largest absolute Gasteiger partial charge is 0.0654 e. The summed E-state index contributed by atoms with van der Waals surface area (Å²) in [5.41, 5.74) is 0. The van der Waals surface area contributed by atoms with Gasteiger partial charge in [0.15, 0.2) is 0 Å². The van der Waals surface area contributed by atoms with E-state index in [0.717, 1.165) is 5.75 Å². The predicted octanol–water partition coefficient (Wildman–Crippen LogP) is 4.32. The fourth-order valence-electron chi connectivity index (χ4n) is 0.656. The first-order chi connectivity index (χ1) is 4.85. The molecule has 0 rings (SSSR count). The third-order valence-corrected chi connectivity index (χ3v) is 3.78. The minimum Gasteiger partial charge on any atom is -0.0654 e. The molecular formula is C6H12Cl2S2. The standard InChI is InChI=1S/C6H12Cl2S2/c1-2-3-4-6(10-8)5-9-7/h6H,2-5H2,1H3. The maximum atomic E-state index is 5.63. The van der Waals surface area contributed by atoms with E-state index in [1.54, 1.807) is 0 Å². The Kier molecular flexibility index (Phi) is 9.45. The van der Waals surface area contributed by atoms with Crippen molar-refractivity contribution in [2.24, 2.45) is 0 Å². The van der Waals surface area contributed by atoms with Crippen LogP contribution in [0.2, 0.25) is 0 Å². The summed E-state index contributed by atoms with van der Waals surface area (Å²) >= 11 is 0. The highest BCUT2D eigenvalue weighted by Crippen LogP contribution is 2.25. The summed E-state index contributed by atoms with van der Waals surface area (Å²) < 4.78 is 0. The highest BCUT2D eigenvalue weighted by Gasteiger charge is 2.06. The maximum Gasteiger partial charge on any atom is 0.0302 e. The molecular weight excluding hydrogens is 207 g/mol. The van der Waals surface area contributed by atoms with Gasteiger partial charge in [-0.15, -0.1) is 0 Å². The van der Waals surface area contributed by atoms with E-state index < -0.39 is 0 Å². The van der Waals surface area contributed by atoms with E-state index in [9.17, 15) is 0 Å². The normalized spacial score (nSPS) is 13.5. The van der Waals surface area contributed by atoms with Crippen LogP contribution in [-0.4, -0.2) is 11.0 Å². The van der Waals surface area contributed by atoms with Gasteiger partial charge in [0.05, 0.1) is 0 Å². The average Bonchev–Trinajstić information content (AvgIpc) is 1.98. The van der Waals surface area contributed by atoms with Gasteiger partial charge in [-0.3, -0.25) is 0 Å². The molecule has 0 nitrogen and oxygen atoms in total. The Hall–Kier alpha value is 1.28. The van der Waals surface area contributed by atoms with Gasteiger partial charge in [-0.2, -0.15) is 0 Å². The van der Waals surface area contributed by atoms with Crippen molar-refractivity contribution in [3.05, 3.63) is 0 Å². The molecule has 0 radical (unpaired) electrons. The monoisotopic (exact) mass is 218 g/mol. The van der Waals surface area contributed by atoms with E-state index in [0.29, 0.717) is 5.25 Å². The molecule has 0 amide bonds. The van der Waals surface area contributed by atoms with Crippen LogP contribution in [0.5, 0.6) is 0 Å². The second kappa shape index (κ2) is 8.38. The zero-order chi connectivity index (χ0) is 7.82. The smallest absolute Gasteiger partial charge is 0.0302 e. The molecule has 0 heterocycles. The van der Waals surface area contributed by atoms with Gasteiger partial charge >= 0.3 is 0 Å². The van der Waals surface area contributed by atoms with Gasteiger partial charge in [0.2, 0.25) is 0 Å². The van der Waals surface area contributed by atoms with Crippen LogP contribution >= 0.6 is 43.3 Å². The van der Waals surface area contributed by atoms with Crippen LogP contribution in [0.1, 0.15) is 26.2 Å². The first-order valence-electron chi connectivity index (χ1n) is 3.36. The van der Waals surface area contributed by atoms with E-state index in [2.05, 4.69) is 6.92 Å². The van der Waals surface area contributed by atoms with E-state index in [-0.39, 0.29) is 0 Å². The van der Waals surface area contributed by atoms with Crippen molar-refractivity contribution in [3.8, 4) is 0 Å².